The molecule has 1 rings (SSSR count). The summed E-state index contributed by atoms with van der Waals surface area (Å²) in [6.07, 6.45) is 2.69. The molecule has 0 atom stereocenters. The van der Waals surface area contributed by atoms with Crippen molar-refractivity contribution in [3.8, 4) is 0 Å². The van der Waals surface area contributed by atoms with Crippen LogP contribution in [0.2, 0.25) is 0 Å². The third-order valence-electron chi connectivity index (χ3n) is 3.23. The fraction of sp³-hybridized carbons (Fsp3) is 0.300. The summed E-state index contributed by atoms with van der Waals surface area (Å²) in [4.78, 5) is 46.2. The Hall–Kier alpha value is -3.42. The second kappa shape index (κ2) is 12.9. The maximum absolute atomic E-state index is 12.2. The first-order chi connectivity index (χ1) is 13.5. The minimum absolute atomic E-state index is 0.0152. The van der Waals surface area contributed by atoms with Gasteiger partial charge in [-0.3, -0.25) is 0 Å². The van der Waals surface area contributed by atoms with Gasteiger partial charge in [0.2, 0.25) is 0 Å². The lowest BCUT2D eigenvalue weighted by atomic mass is 10.1. The van der Waals surface area contributed by atoms with Gasteiger partial charge in [-0.25, -0.2) is 19.2 Å². The molecule has 150 valence electrons. The Morgan fingerprint density at radius 2 is 1.04 bits per heavy atom. The average molecular weight is 390 g/mol. The van der Waals surface area contributed by atoms with Gasteiger partial charge in [0.25, 0.3) is 0 Å². The Balaban J connectivity index is 2.47. The molecule has 0 aliphatic rings. The quantitative estimate of drug-likeness (QED) is 0.232. The van der Waals surface area contributed by atoms with Crippen LogP contribution in [-0.2, 0) is 28.5 Å². The van der Waals surface area contributed by atoms with E-state index < -0.39 is 23.9 Å². The van der Waals surface area contributed by atoms with Crippen molar-refractivity contribution in [1.82, 2.24) is 0 Å². The van der Waals surface area contributed by atoms with Crippen molar-refractivity contribution < 1.29 is 38.1 Å². The summed E-state index contributed by atoms with van der Waals surface area (Å²) in [6.45, 7) is 6.73. The second-order valence-corrected chi connectivity index (χ2v) is 5.27. The van der Waals surface area contributed by atoms with Crippen LogP contribution in [0.5, 0.6) is 0 Å². The van der Waals surface area contributed by atoms with Crippen LogP contribution in [0.25, 0.3) is 0 Å². The van der Waals surface area contributed by atoms with Gasteiger partial charge in [0.05, 0.1) is 37.6 Å². The van der Waals surface area contributed by atoms with Crippen LogP contribution in [0, 0.1) is 0 Å². The molecule has 0 spiro atoms. The maximum atomic E-state index is 12.2. The zero-order chi connectivity index (χ0) is 20.8. The molecule has 28 heavy (non-hydrogen) atoms. The zero-order valence-corrected chi connectivity index (χ0v) is 15.4. The third kappa shape index (κ3) is 8.31. The van der Waals surface area contributed by atoms with Crippen molar-refractivity contribution in [2.24, 2.45) is 0 Å². The molecule has 0 fully saturated rings. The Labute approximate surface area is 162 Å². The molecule has 0 saturated carbocycles. The SMILES string of the molecule is C=CC(=O)OCCCOC(=O)c1ccccc1C(=O)OCCCOC(=O)C=C. The van der Waals surface area contributed by atoms with Crippen LogP contribution in [0.1, 0.15) is 33.6 Å². The Morgan fingerprint density at radius 3 is 1.39 bits per heavy atom. The van der Waals surface area contributed by atoms with E-state index in [0.29, 0.717) is 12.8 Å². The van der Waals surface area contributed by atoms with Gasteiger partial charge >= 0.3 is 23.9 Å². The molecule has 1 aromatic carbocycles. The molecule has 0 radical (unpaired) electrons. The van der Waals surface area contributed by atoms with Gasteiger partial charge < -0.3 is 18.9 Å². The van der Waals surface area contributed by atoms with E-state index in [1.165, 1.54) is 12.1 Å². The smallest absolute Gasteiger partial charge is 0.339 e. The minimum Gasteiger partial charge on any atom is -0.462 e. The molecule has 0 aliphatic heterocycles. The Morgan fingerprint density at radius 1 is 0.679 bits per heavy atom. The normalized spacial score (nSPS) is 9.71. The molecule has 0 aromatic heterocycles. The van der Waals surface area contributed by atoms with E-state index in [-0.39, 0.29) is 37.6 Å². The number of esters is 4. The lowest BCUT2D eigenvalue weighted by Crippen LogP contribution is -2.16. The molecule has 0 unspecified atom stereocenters. The molecule has 0 amide bonds. The zero-order valence-electron chi connectivity index (χ0n) is 15.4. The molecule has 0 heterocycles. The fourth-order valence-corrected chi connectivity index (χ4v) is 1.91. The molecular formula is C20H22O8. The standard InChI is InChI=1S/C20H22O8/c1-3-17(21)25-11-7-13-27-19(23)15-9-5-6-10-16(15)20(24)28-14-8-12-26-18(22)4-2/h3-6,9-10H,1-2,7-8,11-14H2. The van der Waals surface area contributed by atoms with E-state index in [1.54, 1.807) is 12.1 Å². The summed E-state index contributed by atoms with van der Waals surface area (Å²) in [5, 5.41) is 0. The van der Waals surface area contributed by atoms with Crippen LogP contribution in [0.3, 0.4) is 0 Å². The summed E-state index contributed by atoms with van der Waals surface area (Å²) in [6, 6.07) is 6.08. The first-order valence-electron chi connectivity index (χ1n) is 8.51. The summed E-state index contributed by atoms with van der Waals surface area (Å²) in [5.74, 6) is -2.50. The molecule has 0 saturated heterocycles. The average Bonchev–Trinajstić information content (AvgIpc) is 2.72. The molecule has 0 aliphatic carbocycles. The van der Waals surface area contributed by atoms with Gasteiger partial charge in [-0.2, -0.15) is 0 Å². The van der Waals surface area contributed by atoms with Crippen molar-refractivity contribution in [2.75, 3.05) is 26.4 Å². The highest BCUT2D eigenvalue weighted by atomic mass is 16.6. The van der Waals surface area contributed by atoms with Gasteiger partial charge in [-0.1, -0.05) is 25.3 Å². The van der Waals surface area contributed by atoms with Crippen molar-refractivity contribution in [3.05, 3.63) is 60.7 Å². The van der Waals surface area contributed by atoms with Gasteiger partial charge in [0, 0.05) is 25.0 Å². The van der Waals surface area contributed by atoms with E-state index in [0.717, 1.165) is 12.2 Å². The second-order valence-electron chi connectivity index (χ2n) is 5.27. The Kier molecular flexibility index (Phi) is 10.4. The van der Waals surface area contributed by atoms with Gasteiger partial charge in [0.1, 0.15) is 0 Å². The van der Waals surface area contributed by atoms with Gasteiger partial charge in [-0.05, 0) is 12.1 Å². The number of rotatable bonds is 12. The van der Waals surface area contributed by atoms with Crippen LogP contribution in [0.15, 0.2) is 49.6 Å². The number of benzene rings is 1. The predicted octanol–water partition coefficient (Wildman–Crippen LogP) is 2.24. The van der Waals surface area contributed by atoms with Crippen LogP contribution < -0.4 is 0 Å². The molecule has 0 bridgehead atoms. The highest BCUT2D eigenvalue weighted by molar-refractivity contribution is 6.03. The van der Waals surface area contributed by atoms with Crippen LogP contribution in [0.4, 0.5) is 0 Å². The third-order valence-corrected chi connectivity index (χ3v) is 3.23. The number of ether oxygens (including phenoxy) is 4. The van der Waals surface area contributed by atoms with E-state index in [9.17, 15) is 19.2 Å². The first kappa shape index (κ1) is 22.6. The summed E-state index contributed by atoms with van der Waals surface area (Å²) < 4.78 is 19.7. The number of hydrogen-bond acceptors (Lipinski definition) is 8. The first-order valence-corrected chi connectivity index (χ1v) is 8.51. The monoisotopic (exact) mass is 390 g/mol. The predicted molar refractivity (Wildman–Crippen MR) is 98.6 cm³/mol. The highest BCUT2D eigenvalue weighted by Gasteiger charge is 2.18. The molecule has 1 aromatic rings. The van der Waals surface area contributed by atoms with Gasteiger partial charge in [0.15, 0.2) is 0 Å². The summed E-state index contributed by atoms with van der Waals surface area (Å²) in [5.41, 5.74) is 0.127. The lowest BCUT2D eigenvalue weighted by Gasteiger charge is -2.10. The van der Waals surface area contributed by atoms with Crippen molar-refractivity contribution in [3.63, 3.8) is 0 Å². The maximum Gasteiger partial charge on any atom is 0.339 e. The molecule has 8 heteroatoms. The van der Waals surface area contributed by atoms with E-state index in [1.807, 2.05) is 0 Å². The van der Waals surface area contributed by atoms with Crippen LogP contribution in [-0.4, -0.2) is 50.3 Å². The summed E-state index contributed by atoms with van der Waals surface area (Å²) >= 11 is 0. The largest absolute Gasteiger partial charge is 0.462 e. The minimum atomic E-state index is -0.692. The van der Waals surface area contributed by atoms with Gasteiger partial charge in [-0.15, -0.1) is 0 Å². The van der Waals surface area contributed by atoms with E-state index in [4.69, 9.17) is 18.9 Å². The highest BCUT2D eigenvalue weighted by Crippen LogP contribution is 2.12. The van der Waals surface area contributed by atoms with Crippen molar-refractivity contribution in [1.29, 1.82) is 0 Å². The molecule has 0 N–H and O–H groups in total. The fourth-order valence-electron chi connectivity index (χ4n) is 1.91. The van der Waals surface area contributed by atoms with Crippen molar-refractivity contribution in [2.45, 2.75) is 12.8 Å². The van der Waals surface area contributed by atoms with Crippen LogP contribution >= 0.6 is 0 Å². The number of hydrogen-bond donors (Lipinski definition) is 0. The topological polar surface area (TPSA) is 105 Å². The number of carbonyl (C=O) groups is 4. The molecular weight excluding hydrogens is 368 g/mol. The Bertz CT molecular complexity index is 662. The summed E-state index contributed by atoms with van der Waals surface area (Å²) in [7, 11) is 0. The lowest BCUT2D eigenvalue weighted by molar-refractivity contribution is -0.138. The van der Waals surface area contributed by atoms with E-state index in [2.05, 4.69) is 13.2 Å². The molecule has 8 nitrogen and oxygen atoms in total. The number of carbonyl (C=O) groups excluding carboxylic acids is 4. The van der Waals surface area contributed by atoms with Crippen molar-refractivity contribution >= 4 is 23.9 Å². The van der Waals surface area contributed by atoms with E-state index >= 15 is 0 Å².